The lowest BCUT2D eigenvalue weighted by Crippen LogP contribution is -2.08. The Morgan fingerprint density at radius 3 is 2.58 bits per heavy atom. The zero-order valence-corrected chi connectivity index (χ0v) is 14.0. The molecule has 0 aliphatic rings. The van der Waals surface area contributed by atoms with Crippen molar-refractivity contribution in [2.24, 2.45) is 0 Å². The molecule has 26 heavy (non-hydrogen) atoms. The molecule has 0 aliphatic carbocycles. The normalized spacial score (nSPS) is 10.4. The highest BCUT2D eigenvalue weighted by molar-refractivity contribution is 5.95. The van der Waals surface area contributed by atoms with Crippen LogP contribution in [0.1, 0.15) is 21.6 Å². The predicted octanol–water partition coefficient (Wildman–Crippen LogP) is 3.98. The van der Waals surface area contributed by atoms with Gasteiger partial charge in [-0.05, 0) is 36.8 Å². The second-order valence-corrected chi connectivity index (χ2v) is 5.67. The number of nitrogens with zero attached hydrogens (tertiary/aromatic N) is 2. The minimum atomic E-state index is -1.02. The first-order chi connectivity index (χ1) is 12.5. The molecule has 132 valence electrons. The van der Waals surface area contributed by atoms with Crippen molar-refractivity contribution in [2.75, 3.05) is 10.6 Å². The summed E-state index contributed by atoms with van der Waals surface area (Å²) < 4.78 is 13.0. The molecule has 0 saturated heterocycles. The monoisotopic (exact) mass is 352 g/mol. The fourth-order valence-electron chi connectivity index (χ4n) is 2.41. The first kappa shape index (κ1) is 17.3. The maximum Gasteiger partial charge on any atom is 0.337 e. The standard InChI is InChI=1S/C19H17FN4O2/c1-12-10-17(23-16-5-3-2-4-15(16)18(25)26)24-19(22-12)21-11-13-6-8-14(20)9-7-13/h2-10H,11H2,1H3,(H,25,26)(H2,21,22,23,24). The third-order valence-corrected chi connectivity index (χ3v) is 3.64. The molecule has 1 aromatic heterocycles. The molecule has 0 atom stereocenters. The molecule has 0 aliphatic heterocycles. The van der Waals surface area contributed by atoms with E-state index in [0.717, 1.165) is 11.3 Å². The third kappa shape index (κ3) is 4.32. The highest BCUT2D eigenvalue weighted by Gasteiger charge is 2.10. The topological polar surface area (TPSA) is 87.1 Å². The van der Waals surface area contributed by atoms with E-state index in [1.807, 2.05) is 6.92 Å². The molecule has 0 bridgehead atoms. The largest absolute Gasteiger partial charge is 0.478 e. The van der Waals surface area contributed by atoms with Crippen LogP contribution in [-0.2, 0) is 6.54 Å². The van der Waals surface area contributed by atoms with E-state index in [1.54, 1.807) is 36.4 Å². The first-order valence-electron chi connectivity index (χ1n) is 7.94. The lowest BCUT2D eigenvalue weighted by molar-refractivity contribution is 0.0698. The van der Waals surface area contributed by atoms with Crippen LogP contribution in [0.5, 0.6) is 0 Å². The number of benzene rings is 2. The molecule has 0 saturated carbocycles. The summed E-state index contributed by atoms with van der Waals surface area (Å²) >= 11 is 0. The van der Waals surface area contributed by atoms with Gasteiger partial charge in [-0.3, -0.25) is 0 Å². The van der Waals surface area contributed by atoms with E-state index in [-0.39, 0.29) is 11.4 Å². The maximum absolute atomic E-state index is 13.0. The van der Waals surface area contributed by atoms with Crippen LogP contribution in [0.2, 0.25) is 0 Å². The Morgan fingerprint density at radius 2 is 1.85 bits per heavy atom. The fourth-order valence-corrected chi connectivity index (χ4v) is 2.41. The van der Waals surface area contributed by atoms with E-state index in [4.69, 9.17) is 0 Å². The Bertz CT molecular complexity index is 929. The van der Waals surface area contributed by atoms with Crippen LogP contribution in [-0.4, -0.2) is 21.0 Å². The zero-order chi connectivity index (χ0) is 18.5. The zero-order valence-electron chi connectivity index (χ0n) is 14.0. The summed E-state index contributed by atoms with van der Waals surface area (Å²) in [4.78, 5) is 20.0. The smallest absolute Gasteiger partial charge is 0.337 e. The van der Waals surface area contributed by atoms with Crippen molar-refractivity contribution in [3.63, 3.8) is 0 Å². The van der Waals surface area contributed by atoms with Crippen LogP contribution in [0.25, 0.3) is 0 Å². The van der Waals surface area contributed by atoms with Crippen LogP contribution < -0.4 is 10.6 Å². The van der Waals surface area contributed by atoms with Gasteiger partial charge in [0.1, 0.15) is 11.6 Å². The van der Waals surface area contributed by atoms with E-state index in [2.05, 4.69) is 20.6 Å². The number of hydrogen-bond donors (Lipinski definition) is 3. The maximum atomic E-state index is 13.0. The molecule has 3 N–H and O–H groups in total. The number of carboxylic acids is 1. The fraction of sp³-hybridized carbons (Fsp3) is 0.105. The van der Waals surface area contributed by atoms with E-state index in [0.29, 0.717) is 24.0 Å². The van der Waals surface area contributed by atoms with Gasteiger partial charge in [-0.15, -0.1) is 0 Å². The van der Waals surface area contributed by atoms with Gasteiger partial charge in [0, 0.05) is 18.3 Å². The van der Waals surface area contributed by atoms with Crippen molar-refractivity contribution in [3.05, 3.63) is 77.2 Å². The van der Waals surface area contributed by atoms with Gasteiger partial charge in [-0.1, -0.05) is 24.3 Å². The number of aryl methyl sites for hydroxylation is 1. The van der Waals surface area contributed by atoms with Crippen molar-refractivity contribution in [2.45, 2.75) is 13.5 Å². The van der Waals surface area contributed by atoms with E-state index < -0.39 is 5.97 Å². The highest BCUT2D eigenvalue weighted by atomic mass is 19.1. The molecule has 7 heteroatoms. The summed E-state index contributed by atoms with van der Waals surface area (Å²) in [7, 11) is 0. The molecule has 0 radical (unpaired) electrons. The number of aromatic nitrogens is 2. The molecule has 2 aromatic carbocycles. The number of carboxylic acid groups (broad SMARTS) is 1. The van der Waals surface area contributed by atoms with Gasteiger partial charge in [0.25, 0.3) is 0 Å². The lowest BCUT2D eigenvalue weighted by Gasteiger charge is -2.11. The Balaban J connectivity index is 1.77. The summed E-state index contributed by atoms with van der Waals surface area (Å²) in [5, 5.41) is 15.4. The van der Waals surface area contributed by atoms with Gasteiger partial charge in [-0.25, -0.2) is 14.2 Å². The molecule has 0 unspecified atom stereocenters. The first-order valence-corrected chi connectivity index (χ1v) is 7.94. The predicted molar refractivity (Wildman–Crippen MR) is 97.2 cm³/mol. The second kappa shape index (κ2) is 7.60. The number of nitrogens with one attached hydrogen (secondary N) is 2. The number of carbonyl (C=O) groups is 1. The Labute approximate surface area is 149 Å². The van der Waals surface area contributed by atoms with E-state index >= 15 is 0 Å². The van der Waals surface area contributed by atoms with Gasteiger partial charge in [0.2, 0.25) is 5.95 Å². The average molecular weight is 352 g/mol. The Hall–Kier alpha value is -3.48. The van der Waals surface area contributed by atoms with Crippen molar-refractivity contribution in [1.29, 1.82) is 0 Å². The molecule has 0 amide bonds. The van der Waals surface area contributed by atoms with Gasteiger partial charge in [0.05, 0.1) is 11.3 Å². The number of rotatable bonds is 6. The van der Waals surface area contributed by atoms with E-state index in [1.165, 1.54) is 18.2 Å². The van der Waals surface area contributed by atoms with Gasteiger partial charge >= 0.3 is 5.97 Å². The van der Waals surface area contributed by atoms with Gasteiger partial charge in [0.15, 0.2) is 0 Å². The van der Waals surface area contributed by atoms with Crippen molar-refractivity contribution in [3.8, 4) is 0 Å². The number of anilines is 3. The number of aromatic carboxylic acids is 1. The summed E-state index contributed by atoms with van der Waals surface area (Å²) in [6.45, 7) is 2.26. The Morgan fingerprint density at radius 1 is 1.12 bits per heavy atom. The van der Waals surface area contributed by atoms with Crippen LogP contribution in [0.4, 0.5) is 21.8 Å². The molecule has 1 heterocycles. The van der Waals surface area contributed by atoms with Gasteiger partial charge < -0.3 is 15.7 Å². The quantitative estimate of drug-likeness (QED) is 0.622. The lowest BCUT2D eigenvalue weighted by atomic mass is 10.2. The summed E-state index contributed by atoms with van der Waals surface area (Å²) in [6.07, 6.45) is 0. The summed E-state index contributed by atoms with van der Waals surface area (Å²) in [5.41, 5.74) is 2.21. The molecule has 3 aromatic rings. The van der Waals surface area contributed by atoms with Crippen LogP contribution >= 0.6 is 0 Å². The van der Waals surface area contributed by atoms with Crippen LogP contribution in [0, 0.1) is 12.7 Å². The van der Waals surface area contributed by atoms with Gasteiger partial charge in [-0.2, -0.15) is 4.98 Å². The van der Waals surface area contributed by atoms with Crippen molar-refractivity contribution < 1.29 is 14.3 Å². The van der Waals surface area contributed by atoms with Crippen molar-refractivity contribution >= 4 is 23.4 Å². The number of hydrogen-bond acceptors (Lipinski definition) is 5. The summed E-state index contributed by atoms with van der Waals surface area (Å²) in [5.74, 6) is -0.435. The SMILES string of the molecule is Cc1cc(Nc2ccccc2C(=O)O)nc(NCc2ccc(F)cc2)n1. The van der Waals surface area contributed by atoms with Crippen LogP contribution in [0.3, 0.4) is 0 Å². The average Bonchev–Trinajstić information content (AvgIpc) is 2.61. The molecule has 6 nitrogen and oxygen atoms in total. The van der Waals surface area contributed by atoms with E-state index in [9.17, 15) is 14.3 Å². The molecule has 0 spiro atoms. The molecular weight excluding hydrogens is 335 g/mol. The second-order valence-electron chi connectivity index (χ2n) is 5.67. The minimum absolute atomic E-state index is 0.157. The third-order valence-electron chi connectivity index (χ3n) is 3.64. The highest BCUT2D eigenvalue weighted by Crippen LogP contribution is 2.21. The number of para-hydroxylation sites is 1. The molecule has 3 rings (SSSR count). The number of halogens is 1. The Kier molecular flexibility index (Phi) is 5.07. The molecule has 0 fully saturated rings. The minimum Gasteiger partial charge on any atom is -0.478 e. The van der Waals surface area contributed by atoms with Crippen LogP contribution in [0.15, 0.2) is 54.6 Å². The van der Waals surface area contributed by atoms with Crippen molar-refractivity contribution in [1.82, 2.24) is 9.97 Å². The molecular formula is C19H17FN4O2. The summed E-state index contributed by atoms with van der Waals surface area (Å²) in [6, 6.07) is 14.5.